The van der Waals surface area contributed by atoms with Crippen molar-refractivity contribution in [3.63, 3.8) is 0 Å². The highest BCUT2D eigenvalue weighted by molar-refractivity contribution is 5.83. The van der Waals surface area contributed by atoms with Gasteiger partial charge in [-0.2, -0.15) is 0 Å². The topological polar surface area (TPSA) is 78.2 Å². The van der Waals surface area contributed by atoms with Crippen molar-refractivity contribution < 1.29 is 13.9 Å². The lowest BCUT2D eigenvalue weighted by molar-refractivity contribution is -0.121. The molecule has 0 fully saturated rings. The second-order valence-corrected chi connectivity index (χ2v) is 7.84. The third kappa shape index (κ3) is 4.50. The Labute approximate surface area is 190 Å². The van der Waals surface area contributed by atoms with Crippen LogP contribution in [0.25, 0.3) is 16.7 Å². The maximum atomic E-state index is 13.8. The van der Waals surface area contributed by atoms with E-state index in [2.05, 4.69) is 10.3 Å². The highest BCUT2D eigenvalue weighted by atomic mass is 19.1. The summed E-state index contributed by atoms with van der Waals surface area (Å²) in [6.07, 6.45) is 1.59. The van der Waals surface area contributed by atoms with Gasteiger partial charge in [-0.15, -0.1) is 0 Å². The van der Waals surface area contributed by atoms with Gasteiger partial charge in [0.25, 0.3) is 5.56 Å². The molecule has 4 aromatic rings. The van der Waals surface area contributed by atoms with Crippen LogP contribution in [0.1, 0.15) is 23.2 Å². The standard InChI is InChI=1S/C25H25FN4O3/c1-16-17(2)30(20-6-4-5-19(26)13-20)24-23(16)25(32)29(15-28-24)12-11-22(31)27-14-18-7-9-21(33-3)10-8-18/h4-10,13,15H,11-12,14H2,1-3H3,(H,27,31). The van der Waals surface area contributed by atoms with Gasteiger partial charge >= 0.3 is 0 Å². The number of methoxy groups -OCH3 is 1. The van der Waals surface area contributed by atoms with Crippen molar-refractivity contribution in [3.05, 3.63) is 87.9 Å². The largest absolute Gasteiger partial charge is 0.497 e. The van der Waals surface area contributed by atoms with Crippen molar-refractivity contribution in [1.82, 2.24) is 19.4 Å². The molecular formula is C25H25FN4O3. The van der Waals surface area contributed by atoms with E-state index in [0.29, 0.717) is 23.3 Å². The lowest BCUT2D eigenvalue weighted by Gasteiger charge is -2.09. The van der Waals surface area contributed by atoms with Crippen LogP contribution >= 0.6 is 0 Å². The molecule has 1 N–H and O–H groups in total. The predicted octanol–water partition coefficient (Wildman–Crippen LogP) is 3.66. The zero-order valence-electron chi connectivity index (χ0n) is 18.8. The number of hydrogen-bond donors (Lipinski definition) is 1. The van der Waals surface area contributed by atoms with Crippen LogP contribution in [0.4, 0.5) is 4.39 Å². The molecule has 0 spiro atoms. The third-order valence-electron chi connectivity index (χ3n) is 5.78. The maximum absolute atomic E-state index is 13.8. The summed E-state index contributed by atoms with van der Waals surface area (Å²) >= 11 is 0. The van der Waals surface area contributed by atoms with Gasteiger partial charge in [-0.25, -0.2) is 9.37 Å². The molecule has 0 aliphatic rings. The van der Waals surface area contributed by atoms with Crippen LogP contribution in [0, 0.1) is 19.7 Å². The van der Waals surface area contributed by atoms with Crippen LogP contribution in [0.2, 0.25) is 0 Å². The zero-order valence-corrected chi connectivity index (χ0v) is 18.8. The van der Waals surface area contributed by atoms with E-state index >= 15 is 0 Å². The molecule has 0 aliphatic heterocycles. The Morgan fingerprint density at radius 2 is 1.91 bits per heavy atom. The molecule has 0 bridgehead atoms. The normalized spacial score (nSPS) is 11.0. The van der Waals surface area contributed by atoms with Crippen LogP contribution in [0.3, 0.4) is 0 Å². The van der Waals surface area contributed by atoms with Gasteiger partial charge < -0.3 is 10.1 Å². The number of fused-ring (bicyclic) bond motifs is 1. The van der Waals surface area contributed by atoms with Gasteiger partial charge in [-0.3, -0.25) is 18.7 Å². The Balaban J connectivity index is 1.51. The third-order valence-corrected chi connectivity index (χ3v) is 5.78. The first-order valence-corrected chi connectivity index (χ1v) is 10.6. The molecule has 0 saturated heterocycles. The molecule has 2 heterocycles. The Hall–Kier alpha value is -3.94. The number of halogens is 1. The van der Waals surface area contributed by atoms with E-state index < -0.39 is 0 Å². The molecule has 7 nitrogen and oxygen atoms in total. The van der Waals surface area contributed by atoms with Crippen LogP contribution < -0.4 is 15.6 Å². The fraction of sp³-hybridized carbons (Fsp3) is 0.240. The van der Waals surface area contributed by atoms with Crippen molar-refractivity contribution in [1.29, 1.82) is 0 Å². The number of amides is 1. The minimum atomic E-state index is -0.361. The summed E-state index contributed by atoms with van der Waals surface area (Å²) in [6.45, 7) is 4.32. The lowest BCUT2D eigenvalue weighted by atomic mass is 10.2. The lowest BCUT2D eigenvalue weighted by Crippen LogP contribution is -2.27. The van der Waals surface area contributed by atoms with Crippen LogP contribution in [-0.4, -0.2) is 27.1 Å². The molecule has 1 amide bonds. The summed E-state index contributed by atoms with van der Waals surface area (Å²) in [6, 6.07) is 13.6. The fourth-order valence-corrected chi connectivity index (χ4v) is 3.83. The highest BCUT2D eigenvalue weighted by Gasteiger charge is 2.18. The highest BCUT2D eigenvalue weighted by Crippen LogP contribution is 2.25. The molecule has 2 aromatic carbocycles. The number of nitrogens with one attached hydrogen (secondary N) is 1. The van der Waals surface area contributed by atoms with E-state index in [9.17, 15) is 14.0 Å². The van der Waals surface area contributed by atoms with Gasteiger partial charge in [0, 0.05) is 25.2 Å². The number of benzene rings is 2. The minimum absolute atomic E-state index is 0.145. The molecule has 0 saturated carbocycles. The summed E-state index contributed by atoms with van der Waals surface area (Å²) in [5.41, 5.74) is 3.40. The van der Waals surface area contributed by atoms with E-state index in [1.54, 1.807) is 23.8 Å². The van der Waals surface area contributed by atoms with Crippen LogP contribution in [-0.2, 0) is 17.9 Å². The fourth-order valence-electron chi connectivity index (χ4n) is 3.83. The molecule has 0 unspecified atom stereocenters. The molecule has 0 atom stereocenters. The number of rotatable bonds is 7. The second-order valence-electron chi connectivity index (χ2n) is 7.84. The van der Waals surface area contributed by atoms with Crippen LogP contribution in [0.15, 0.2) is 59.7 Å². The van der Waals surface area contributed by atoms with E-state index in [1.165, 1.54) is 23.0 Å². The van der Waals surface area contributed by atoms with Gasteiger partial charge in [0.1, 0.15) is 11.6 Å². The first-order chi connectivity index (χ1) is 15.9. The van der Waals surface area contributed by atoms with Crippen molar-refractivity contribution in [2.45, 2.75) is 33.4 Å². The average Bonchev–Trinajstić information content (AvgIpc) is 3.08. The van der Waals surface area contributed by atoms with Crippen molar-refractivity contribution in [2.24, 2.45) is 0 Å². The second kappa shape index (κ2) is 9.28. The number of nitrogens with zero attached hydrogens (tertiary/aromatic N) is 3. The Kier molecular flexibility index (Phi) is 6.26. The maximum Gasteiger partial charge on any atom is 0.263 e. The molecular weight excluding hydrogens is 423 g/mol. The van der Waals surface area contributed by atoms with E-state index in [-0.39, 0.29) is 30.2 Å². The summed E-state index contributed by atoms with van der Waals surface area (Å²) < 4.78 is 22.1. The Morgan fingerprint density at radius 1 is 1.15 bits per heavy atom. The molecule has 0 radical (unpaired) electrons. The SMILES string of the molecule is COc1ccc(CNC(=O)CCn2cnc3c(c(C)c(C)n3-c3cccc(F)c3)c2=O)cc1. The first-order valence-electron chi connectivity index (χ1n) is 10.6. The first kappa shape index (κ1) is 22.3. The smallest absolute Gasteiger partial charge is 0.263 e. The minimum Gasteiger partial charge on any atom is -0.497 e. The number of ether oxygens (including phenoxy) is 1. The number of hydrogen-bond acceptors (Lipinski definition) is 4. The zero-order chi connectivity index (χ0) is 23.5. The van der Waals surface area contributed by atoms with Gasteiger partial charge in [-0.1, -0.05) is 18.2 Å². The number of aryl methyl sites for hydroxylation is 2. The number of carbonyl (C=O) groups is 1. The molecule has 2 aromatic heterocycles. The molecule has 170 valence electrons. The molecule has 4 rings (SSSR count). The average molecular weight is 448 g/mol. The molecule has 8 heteroatoms. The summed E-state index contributed by atoms with van der Waals surface area (Å²) in [5.74, 6) is 0.229. The van der Waals surface area contributed by atoms with E-state index in [0.717, 1.165) is 22.6 Å². The van der Waals surface area contributed by atoms with Crippen molar-refractivity contribution >= 4 is 16.9 Å². The summed E-state index contributed by atoms with van der Waals surface area (Å²) in [7, 11) is 1.60. The van der Waals surface area contributed by atoms with E-state index in [1.807, 2.05) is 38.1 Å². The van der Waals surface area contributed by atoms with Crippen molar-refractivity contribution in [2.75, 3.05) is 7.11 Å². The molecule has 33 heavy (non-hydrogen) atoms. The quantitative estimate of drug-likeness (QED) is 0.468. The van der Waals surface area contributed by atoms with Gasteiger partial charge in [-0.05, 0) is 55.3 Å². The Bertz CT molecular complexity index is 1370. The van der Waals surface area contributed by atoms with Gasteiger partial charge in [0.15, 0.2) is 5.65 Å². The number of carbonyl (C=O) groups excluding carboxylic acids is 1. The van der Waals surface area contributed by atoms with Gasteiger partial charge in [0.05, 0.1) is 24.5 Å². The molecule has 0 aliphatic carbocycles. The summed E-state index contributed by atoms with van der Waals surface area (Å²) in [5, 5.41) is 3.33. The predicted molar refractivity (Wildman–Crippen MR) is 124 cm³/mol. The summed E-state index contributed by atoms with van der Waals surface area (Å²) in [4.78, 5) is 30.0. The van der Waals surface area contributed by atoms with Crippen LogP contribution in [0.5, 0.6) is 5.75 Å². The van der Waals surface area contributed by atoms with E-state index in [4.69, 9.17) is 4.74 Å². The van der Waals surface area contributed by atoms with Gasteiger partial charge in [0.2, 0.25) is 5.91 Å². The monoisotopic (exact) mass is 448 g/mol. The Morgan fingerprint density at radius 3 is 2.61 bits per heavy atom. The van der Waals surface area contributed by atoms with Crippen molar-refractivity contribution in [3.8, 4) is 11.4 Å². The number of aromatic nitrogens is 3.